The number of hydrogen-bond acceptors (Lipinski definition) is 3. The first-order valence-electron chi connectivity index (χ1n) is 7.48. The Balaban J connectivity index is 1.51. The molecule has 104 valence electrons. The van der Waals surface area contributed by atoms with Crippen LogP contribution in [0.5, 0.6) is 5.88 Å². The van der Waals surface area contributed by atoms with E-state index < -0.39 is 0 Å². The molecular weight excluding hydrogens is 236 g/mol. The van der Waals surface area contributed by atoms with E-state index in [-0.39, 0.29) is 0 Å². The fourth-order valence-electron chi connectivity index (χ4n) is 3.97. The van der Waals surface area contributed by atoms with Crippen LogP contribution in [0.25, 0.3) is 0 Å². The van der Waals surface area contributed by atoms with E-state index in [9.17, 15) is 0 Å². The summed E-state index contributed by atoms with van der Waals surface area (Å²) in [6, 6.07) is 4.64. The maximum Gasteiger partial charge on any atom is 0.212 e. The highest BCUT2D eigenvalue weighted by Crippen LogP contribution is 2.49. The molecule has 3 rings (SSSR count). The van der Waals surface area contributed by atoms with Crippen molar-refractivity contribution < 1.29 is 4.74 Å². The minimum Gasteiger partial charge on any atom is -0.481 e. The second kappa shape index (κ2) is 5.49. The van der Waals surface area contributed by atoms with E-state index in [2.05, 4.69) is 23.3 Å². The second-order valence-corrected chi connectivity index (χ2v) is 6.22. The van der Waals surface area contributed by atoms with Gasteiger partial charge in [0.2, 0.25) is 5.88 Å². The lowest BCUT2D eigenvalue weighted by Gasteiger charge is -2.28. The molecule has 4 atom stereocenters. The number of hydrogen-bond donors (Lipinski definition) is 1. The Morgan fingerprint density at radius 3 is 2.84 bits per heavy atom. The Hall–Kier alpha value is -1.09. The molecule has 1 N–H and O–H groups in total. The van der Waals surface area contributed by atoms with Crippen LogP contribution in [-0.4, -0.2) is 18.1 Å². The van der Waals surface area contributed by atoms with Crippen LogP contribution in [0.4, 0.5) is 0 Å². The Morgan fingerprint density at radius 1 is 1.37 bits per heavy atom. The fourth-order valence-corrected chi connectivity index (χ4v) is 3.97. The molecule has 0 aromatic carbocycles. The maximum atomic E-state index is 5.08. The molecular formula is C16H24N2O. The van der Waals surface area contributed by atoms with Gasteiger partial charge in [-0.3, -0.25) is 0 Å². The standard InChI is InChI=1S/C16H24N2O/c1-11(15-8-12-3-5-14(15)7-12)17-9-13-4-6-16(19-2)18-10-13/h4,6,10-12,14-15,17H,3,5,7-9H2,1-2H3. The zero-order valence-electron chi connectivity index (χ0n) is 11.9. The fraction of sp³-hybridized carbons (Fsp3) is 0.688. The summed E-state index contributed by atoms with van der Waals surface area (Å²) in [4.78, 5) is 4.25. The van der Waals surface area contributed by atoms with Gasteiger partial charge in [-0.15, -0.1) is 0 Å². The van der Waals surface area contributed by atoms with Gasteiger partial charge in [0.15, 0.2) is 0 Å². The molecule has 0 spiro atoms. The Morgan fingerprint density at radius 2 is 2.26 bits per heavy atom. The van der Waals surface area contributed by atoms with Crippen molar-refractivity contribution in [2.45, 2.75) is 45.2 Å². The van der Waals surface area contributed by atoms with Crippen molar-refractivity contribution in [2.75, 3.05) is 7.11 Å². The highest BCUT2D eigenvalue weighted by molar-refractivity contribution is 5.17. The molecule has 1 aromatic heterocycles. The van der Waals surface area contributed by atoms with Crippen LogP contribution < -0.4 is 10.1 Å². The summed E-state index contributed by atoms with van der Waals surface area (Å²) in [5.41, 5.74) is 1.23. The number of aromatic nitrogens is 1. The average molecular weight is 260 g/mol. The third kappa shape index (κ3) is 2.76. The van der Waals surface area contributed by atoms with Gasteiger partial charge in [0.05, 0.1) is 7.11 Å². The van der Waals surface area contributed by atoms with Crippen LogP contribution in [0.3, 0.4) is 0 Å². The van der Waals surface area contributed by atoms with Gasteiger partial charge >= 0.3 is 0 Å². The molecule has 3 heteroatoms. The summed E-state index contributed by atoms with van der Waals surface area (Å²) in [6.45, 7) is 3.26. The third-order valence-electron chi connectivity index (χ3n) is 5.07. The van der Waals surface area contributed by atoms with Crippen LogP contribution in [0.15, 0.2) is 18.3 Å². The van der Waals surface area contributed by atoms with E-state index in [1.165, 1.54) is 31.2 Å². The van der Waals surface area contributed by atoms with E-state index >= 15 is 0 Å². The van der Waals surface area contributed by atoms with Gasteiger partial charge in [-0.1, -0.05) is 12.5 Å². The predicted molar refractivity (Wildman–Crippen MR) is 76.0 cm³/mol. The molecule has 2 aliphatic rings. The van der Waals surface area contributed by atoms with E-state index in [4.69, 9.17) is 4.74 Å². The predicted octanol–water partition coefficient (Wildman–Crippen LogP) is 3.00. The molecule has 2 bridgehead atoms. The number of fused-ring (bicyclic) bond motifs is 2. The molecule has 0 aliphatic heterocycles. The van der Waals surface area contributed by atoms with Gasteiger partial charge in [0.25, 0.3) is 0 Å². The van der Waals surface area contributed by atoms with E-state index in [1.54, 1.807) is 7.11 Å². The summed E-state index contributed by atoms with van der Waals surface area (Å²) in [6.07, 6.45) is 7.78. The van der Waals surface area contributed by atoms with Crippen molar-refractivity contribution in [1.82, 2.24) is 10.3 Å². The van der Waals surface area contributed by atoms with E-state index in [1.807, 2.05) is 12.3 Å². The first-order chi connectivity index (χ1) is 9.26. The SMILES string of the molecule is COc1ccc(CNC(C)C2CC3CCC2C3)cn1. The maximum absolute atomic E-state index is 5.08. The van der Waals surface area contributed by atoms with Gasteiger partial charge < -0.3 is 10.1 Å². The van der Waals surface area contributed by atoms with Gasteiger partial charge in [0.1, 0.15) is 0 Å². The van der Waals surface area contributed by atoms with E-state index in [0.29, 0.717) is 11.9 Å². The topological polar surface area (TPSA) is 34.1 Å². The van der Waals surface area contributed by atoms with Crippen LogP contribution >= 0.6 is 0 Å². The summed E-state index contributed by atoms with van der Waals surface area (Å²) in [5.74, 6) is 3.60. The highest BCUT2D eigenvalue weighted by atomic mass is 16.5. The summed E-state index contributed by atoms with van der Waals surface area (Å²) in [7, 11) is 1.65. The Kier molecular flexibility index (Phi) is 3.74. The van der Waals surface area contributed by atoms with Gasteiger partial charge in [-0.25, -0.2) is 4.98 Å². The summed E-state index contributed by atoms with van der Waals surface area (Å²) >= 11 is 0. The van der Waals surface area contributed by atoms with Crippen LogP contribution in [-0.2, 0) is 6.54 Å². The number of pyridine rings is 1. The molecule has 2 aliphatic carbocycles. The lowest BCUT2D eigenvalue weighted by Crippen LogP contribution is -2.35. The monoisotopic (exact) mass is 260 g/mol. The lowest BCUT2D eigenvalue weighted by atomic mass is 9.84. The zero-order chi connectivity index (χ0) is 13.2. The first kappa shape index (κ1) is 12.9. The third-order valence-corrected chi connectivity index (χ3v) is 5.07. The van der Waals surface area contributed by atoms with Crippen molar-refractivity contribution >= 4 is 0 Å². The number of methoxy groups -OCH3 is 1. The molecule has 4 unspecified atom stereocenters. The largest absolute Gasteiger partial charge is 0.481 e. The van der Waals surface area contributed by atoms with Crippen molar-refractivity contribution in [3.63, 3.8) is 0 Å². The Labute approximate surface area is 115 Å². The average Bonchev–Trinajstić information content (AvgIpc) is 3.08. The number of rotatable bonds is 5. The van der Waals surface area contributed by atoms with Crippen molar-refractivity contribution in [3.8, 4) is 5.88 Å². The second-order valence-electron chi connectivity index (χ2n) is 6.22. The molecule has 0 amide bonds. The molecule has 2 fully saturated rings. The molecule has 1 heterocycles. The number of ether oxygens (including phenoxy) is 1. The summed E-state index contributed by atoms with van der Waals surface area (Å²) < 4.78 is 5.08. The van der Waals surface area contributed by atoms with Crippen molar-refractivity contribution in [1.29, 1.82) is 0 Å². The molecule has 0 saturated heterocycles. The minimum atomic E-state index is 0.623. The van der Waals surface area contributed by atoms with Gasteiger partial charge in [0, 0.05) is 24.8 Å². The van der Waals surface area contributed by atoms with Gasteiger partial charge in [-0.05, 0) is 49.5 Å². The van der Waals surface area contributed by atoms with Crippen molar-refractivity contribution in [2.24, 2.45) is 17.8 Å². The van der Waals surface area contributed by atoms with Gasteiger partial charge in [-0.2, -0.15) is 0 Å². The quantitative estimate of drug-likeness (QED) is 0.883. The molecule has 1 aromatic rings. The number of nitrogens with one attached hydrogen (secondary N) is 1. The number of nitrogens with zero attached hydrogens (tertiary/aromatic N) is 1. The molecule has 3 nitrogen and oxygen atoms in total. The normalized spacial score (nSPS) is 30.5. The van der Waals surface area contributed by atoms with Crippen LogP contribution in [0.2, 0.25) is 0 Å². The molecule has 19 heavy (non-hydrogen) atoms. The smallest absolute Gasteiger partial charge is 0.212 e. The van der Waals surface area contributed by atoms with Crippen molar-refractivity contribution in [3.05, 3.63) is 23.9 Å². The molecule has 0 radical (unpaired) electrons. The molecule has 2 saturated carbocycles. The minimum absolute atomic E-state index is 0.623. The van der Waals surface area contributed by atoms with Crippen LogP contribution in [0, 0.1) is 17.8 Å². The Bertz CT molecular complexity index is 417. The summed E-state index contributed by atoms with van der Waals surface area (Å²) in [5, 5.41) is 3.68. The van der Waals surface area contributed by atoms with Crippen LogP contribution in [0.1, 0.15) is 38.2 Å². The zero-order valence-corrected chi connectivity index (χ0v) is 11.9. The van der Waals surface area contributed by atoms with E-state index in [0.717, 1.165) is 24.3 Å². The highest BCUT2D eigenvalue weighted by Gasteiger charge is 2.41. The first-order valence-corrected chi connectivity index (χ1v) is 7.48. The lowest BCUT2D eigenvalue weighted by molar-refractivity contribution is 0.259.